The molecule has 0 spiro atoms. The lowest BCUT2D eigenvalue weighted by atomic mass is 10.1. The normalized spacial score (nSPS) is 10.9. The van der Waals surface area contributed by atoms with E-state index < -0.39 is 5.97 Å². The zero-order valence-electron chi connectivity index (χ0n) is 10.9. The first-order chi connectivity index (χ1) is 10.1. The second-order valence-corrected chi connectivity index (χ2v) is 6.42. The second-order valence-electron chi connectivity index (χ2n) is 4.45. The SMILES string of the molecule is O=C(O)c1oc2ccccc2c1CSc1ccc(Br)cc1. The number of fused-ring (bicyclic) bond motifs is 1. The minimum Gasteiger partial charge on any atom is -0.475 e. The minimum atomic E-state index is -1.03. The molecule has 21 heavy (non-hydrogen) atoms. The highest BCUT2D eigenvalue weighted by atomic mass is 79.9. The van der Waals surface area contributed by atoms with Crippen molar-refractivity contribution < 1.29 is 14.3 Å². The van der Waals surface area contributed by atoms with Crippen molar-refractivity contribution in [2.45, 2.75) is 10.6 Å². The van der Waals surface area contributed by atoms with E-state index in [-0.39, 0.29) is 5.76 Å². The number of carboxylic acids is 1. The van der Waals surface area contributed by atoms with Crippen molar-refractivity contribution in [2.24, 2.45) is 0 Å². The van der Waals surface area contributed by atoms with Gasteiger partial charge in [0.05, 0.1) is 0 Å². The molecule has 0 aliphatic carbocycles. The highest BCUT2D eigenvalue weighted by molar-refractivity contribution is 9.10. The van der Waals surface area contributed by atoms with E-state index >= 15 is 0 Å². The molecule has 3 rings (SSSR count). The molecule has 2 aromatic carbocycles. The van der Waals surface area contributed by atoms with E-state index in [4.69, 9.17) is 4.42 Å². The third kappa shape index (κ3) is 2.99. The first-order valence-corrected chi connectivity index (χ1v) is 8.05. The molecule has 0 amide bonds. The van der Waals surface area contributed by atoms with Crippen molar-refractivity contribution >= 4 is 44.6 Å². The average molecular weight is 363 g/mol. The lowest BCUT2D eigenvalue weighted by Gasteiger charge is -2.02. The van der Waals surface area contributed by atoms with Gasteiger partial charge in [-0.3, -0.25) is 0 Å². The molecule has 1 N–H and O–H groups in total. The number of benzene rings is 2. The van der Waals surface area contributed by atoms with Gasteiger partial charge < -0.3 is 9.52 Å². The number of furan rings is 1. The Bertz CT molecular complexity index is 793. The summed E-state index contributed by atoms with van der Waals surface area (Å²) in [5, 5.41) is 10.2. The van der Waals surface area contributed by atoms with Gasteiger partial charge >= 0.3 is 5.97 Å². The molecule has 106 valence electrons. The Kier molecular flexibility index (Phi) is 4.03. The van der Waals surface area contributed by atoms with Gasteiger partial charge in [0.1, 0.15) is 5.58 Å². The number of carbonyl (C=O) groups is 1. The molecule has 0 aliphatic heterocycles. The van der Waals surface area contributed by atoms with Crippen LogP contribution in [0.5, 0.6) is 0 Å². The largest absolute Gasteiger partial charge is 0.475 e. The number of carboxylic acid groups (broad SMARTS) is 1. The smallest absolute Gasteiger partial charge is 0.372 e. The summed E-state index contributed by atoms with van der Waals surface area (Å²) in [5.74, 6) is -0.446. The van der Waals surface area contributed by atoms with Crippen LogP contribution in [0.1, 0.15) is 16.1 Å². The van der Waals surface area contributed by atoms with Gasteiger partial charge in [-0.05, 0) is 30.3 Å². The Morgan fingerprint density at radius 1 is 1.14 bits per heavy atom. The van der Waals surface area contributed by atoms with Gasteiger partial charge in [-0.2, -0.15) is 0 Å². The summed E-state index contributed by atoms with van der Waals surface area (Å²) >= 11 is 4.99. The Morgan fingerprint density at radius 2 is 1.86 bits per heavy atom. The van der Waals surface area contributed by atoms with Gasteiger partial charge in [-0.25, -0.2) is 4.79 Å². The molecule has 1 heterocycles. The lowest BCUT2D eigenvalue weighted by molar-refractivity contribution is 0.0664. The van der Waals surface area contributed by atoms with E-state index in [1.54, 1.807) is 17.8 Å². The van der Waals surface area contributed by atoms with Crippen LogP contribution < -0.4 is 0 Å². The Hall–Kier alpha value is -1.72. The molecular formula is C16H11BrO3S. The molecule has 0 fully saturated rings. The molecule has 0 radical (unpaired) electrons. The van der Waals surface area contributed by atoms with Gasteiger partial charge in [-0.1, -0.05) is 34.1 Å². The maximum Gasteiger partial charge on any atom is 0.372 e. The van der Waals surface area contributed by atoms with Crippen molar-refractivity contribution in [1.82, 2.24) is 0 Å². The summed E-state index contributed by atoms with van der Waals surface area (Å²) in [5.41, 5.74) is 1.34. The van der Waals surface area contributed by atoms with E-state index in [2.05, 4.69) is 15.9 Å². The van der Waals surface area contributed by atoms with Gasteiger partial charge in [-0.15, -0.1) is 11.8 Å². The molecule has 0 aliphatic rings. The van der Waals surface area contributed by atoms with Crippen LogP contribution in [0.2, 0.25) is 0 Å². The van der Waals surface area contributed by atoms with E-state index in [1.165, 1.54) is 0 Å². The van der Waals surface area contributed by atoms with Crippen LogP contribution in [0.25, 0.3) is 11.0 Å². The number of halogens is 1. The number of hydrogen-bond acceptors (Lipinski definition) is 3. The van der Waals surface area contributed by atoms with E-state index in [0.29, 0.717) is 11.3 Å². The predicted octanol–water partition coefficient (Wildman–Crippen LogP) is 5.19. The fourth-order valence-electron chi connectivity index (χ4n) is 2.10. The van der Waals surface area contributed by atoms with Crippen LogP contribution in [-0.2, 0) is 5.75 Å². The molecule has 3 aromatic rings. The summed E-state index contributed by atoms with van der Waals surface area (Å²) in [6, 6.07) is 15.3. The van der Waals surface area contributed by atoms with Gasteiger partial charge in [0.15, 0.2) is 0 Å². The first kappa shape index (κ1) is 14.2. The van der Waals surface area contributed by atoms with Crippen LogP contribution in [-0.4, -0.2) is 11.1 Å². The van der Waals surface area contributed by atoms with Crippen molar-refractivity contribution in [3.8, 4) is 0 Å². The quantitative estimate of drug-likeness (QED) is 0.649. The zero-order valence-corrected chi connectivity index (χ0v) is 13.3. The molecule has 0 saturated carbocycles. The highest BCUT2D eigenvalue weighted by Crippen LogP contribution is 2.32. The van der Waals surface area contributed by atoms with E-state index in [9.17, 15) is 9.90 Å². The summed E-state index contributed by atoms with van der Waals surface area (Å²) in [6.07, 6.45) is 0. The van der Waals surface area contributed by atoms with Gasteiger partial charge in [0.2, 0.25) is 5.76 Å². The third-order valence-corrected chi connectivity index (χ3v) is 4.66. The summed E-state index contributed by atoms with van der Waals surface area (Å²) in [7, 11) is 0. The topological polar surface area (TPSA) is 50.4 Å². The summed E-state index contributed by atoms with van der Waals surface area (Å²) < 4.78 is 6.47. The summed E-state index contributed by atoms with van der Waals surface area (Å²) in [6.45, 7) is 0. The van der Waals surface area contributed by atoms with Gasteiger partial charge in [0, 0.05) is 26.1 Å². The monoisotopic (exact) mass is 362 g/mol. The van der Waals surface area contributed by atoms with E-state index in [1.807, 2.05) is 42.5 Å². The molecule has 5 heteroatoms. The summed E-state index contributed by atoms with van der Waals surface area (Å²) in [4.78, 5) is 12.4. The fraction of sp³-hybridized carbons (Fsp3) is 0.0625. The molecule has 0 unspecified atom stereocenters. The predicted molar refractivity (Wildman–Crippen MR) is 86.9 cm³/mol. The fourth-order valence-corrected chi connectivity index (χ4v) is 3.29. The van der Waals surface area contributed by atoms with Crippen molar-refractivity contribution in [2.75, 3.05) is 0 Å². The Morgan fingerprint density at radius 3 is 2.57 bits per heavy atom. The maximum atomic E-state index is 11.3. The van der Waals surface area contributed by atoms with Crippen molar-refractivity contribution in [3.05, 3.63) is 64.3 Å². The van der Waals surface area contributed by atoms with Crippen LogP contribution in [0, 0.1) is 0 Å². The Balaban J connectivity index is 1.93. The molecule has 0 bridgehead atoms. The first-order valence-electron chi connectivity index (χ1n) is 6.27. The number of rotatable bonds is 4. The number of aromatic carboxylic acids is 1. The molecule has 0 atom stereocenters. The third-order valence-electron chi connectivity index (χ3n) is 3.09. The van der Waals surface area contributed by atoms with Crippen LogP contribution in [0.15, 0.2) is 62.3 Å². The van der Waals surface area contributed by atoms with Crippen LogP contribution in [0.3, 0.4) is 0 Å². The Labute approximate surface area is 134 Å². The average Bonchev–Trinajstić information content (AvgIpc) is 2.86. The van der Waals surface area contributed by atoms with Crippen molar-refractivity contribution in [1.29, 1.82) is 0 Å². The second kappa shape index (κ2) is 5.95. The minimum absolute atomic E-state index is 0.0285. The molecule has 3 nitrogen and oxygen atoms in total. The van der Waals surface area contributed by atoms with Crippen molar-refractivity contribution in [3.63, 3.8) is 0 Å². The standard InChI is InChI=1S/C16H11BrO3S/c17-10-5-7-11(8-6-10)21-9-13-12-3-1-2-4-14(12)20-15(13)16(18)19/h1-8H,9H2,(H,18,19). The number of hydrogen-bond donors (Lipinski definition) is 1. The maximum absolute atomic E-state index is 11.3. The molecular weight excluding hydrogens is 352 g/mol. The molecule has 0 saturated heterocycles. The molecule has 1 aromatic heterocycles. The van der Waals surface area contributed by atoms with Crippen LogP contribution in [0.4, 0.5) is 0 Å². The number of thioether (sulfide) groups is 1. The van der Waals surface area contributed by atoms with E-state index in [0.717, 1.165) is 20.3 Å². The lowest BCUT2D eigenvalue weighted by Crippen LogP contribution is -1.97. The number of para-hydroxylation sites is 1. The highest BCUT2D eigenvalue weighted by Gasteiger charge is 2.19. The van der Waals surface area contributed by atoms with Crippen LogP contribution >= 0.6 is 27.7 Å². The van der Waals surface area contributed by atoms with Gasteiger partial charge in [0.25, 0.3) is 0 Å². The zero-order chi connectivity index (χ0) is 14.8.